The monoisotopic (exact) mass is 310 g/mol. The molecule has 1 aliphatic heterocycles. The second kappa shape index (κ2) is 4.98. The molecule has 0 saturated heterocycles. The van der Waals surface area contributed by atoms with Crippen molar-refractivity contribution < 1.29 is 0 Å². The molecule has 2 aromatic rings. The lowest BCUT2D eigenvalue weighted by atomic mass is 9.95. The first-order valence-electron chi connectivity index (χ1n) is 6.89. The Labute approximate surface area is 134 Å². The molecule has 0 radical (unpaired) electrons. The fourth-order valence-electron chi connectivity index (χ4n) is 3.06. The minimum absolute atomic E-state index is 0.0739. The summed E-state index contributed by atoms with van der Waals surface area (Å²) in [5.41, 5.74) is 5.70. The van der Waals surface area contributed by atoms with Crippen molar-refractivity contribution in [3.63, 3.8) is 0 Å². The summed E-state index contributed by atoms with van der Waals surface area (Å²) in [6, 6.07) is 18.7. The van der Waals surface area contributed by atoms with E-state index in [1.54, 1.807) is 0 Å². The number of rotatable bonds is 1. The fourth-order valence-corrected chi connectivity index (χ4v) is 3.74. The molecule has 2 nitrogen and oxygen atoms in total. The molecule has 2 N–H and O–H groups in total. The Morgan fingerprint density at radius 1 is 0.905 bits per heavy atom. The van der Waals surface area contributed by atoms with Crippen molar-refractivity contribution in [2.24, 2.45) is 0 Å². The second-order valence-electron chi connectivity index (χ2n) is 5.22. The first kappa shape index (κ1) is 13.1. The third-order valence-electron chi connectivity index (χ3n) is 3.98. The van der Waals surface area contributed by atoms with Gasteiger partial charge in [-0.3, -0.25) is 5.32 Å². The van der Waals surface area contributed by atoms with Crippen LogP contribution in [0.15, 0.2) is 60.2 Å². The van der Waals surface area contributed by atoms with Crippen LogP contribution < -0.4 is 10.6 Å². The Bertz CT molecular complexity index is 752. The molecular weight excluding hydrogens is 296 g/mol. The van der Waals surface area contributed by atoms with Gasteiger partial charge in [-0.1, -0.05) is 66.8 Å². The zero-order chi connectivity index (χ0) is 14.4. The zero-order valence-corrected chi connectivity index (χ0v) is 12.9. The maximum atomic E-state index is 5.72. The summed E-state index contributed by atoms with van der Waals surface area (Å²) in [6.07, 6.45) is 0. The van der Waals surface area contributed by atoms with Gasteiger partial charge in [0.25, 0.3) is 0 Å². The molecule has 1 heterocycles. The maximum absolute atomic E-state index is 5.72. The van der Waals surface area contributed by atoms with E-state index in [2.05, 4.69) is 59.7 Å². The number of benzene rings is 2. The molecule has 0 saturated carbocycles. The highest BCUT2D eigenvalue weighted by atomic mass is 32.1. The molecule has 2 aliphatic rings. The molecule has 4 rings (SSSR count). The highest BCUT2D eigenvalue weighted by Gasteiger charge is 2.36. The summed E-state index contributed by atoms with van der Waals surface area (Å²) in [5, 5.41) is 6.89. The van der Waals surface area contributed by atoms with Crippen molar-refractivity contribution in [1.29, 1.82) is 0 Å². The second-order valence-corrected chi connectivity index (χ2v) is 6.15. The van der Waals surface area contributed by atoms with Gasteiger partial charge in [-0.05, 0) is 5.56 Å². The molecule has 0 aromatic heterocycles. The highest BCUT2D eigenvalue weighted by molar-refractivity contribution is 7.81. The van der Waals surface area contributed by atoms with Gasteiger partial charge >= 0.3 is 0 Å². The molecule has 2 aromatic carbocycles. The molecule has 0 bridgehead atoms. The van der Waals surface area contributed by atoms with Gasteiger partial charge in [0, 0.05) is 16.7 Å². The van der Waals surface area contributed by atoms with Crippen molar-refractivity contribution in [1.82, 2.24) is 10.6 Å². The molecule has 2 unspecified atom stereocenters. The van der Waals surface area contributed by atoms with Crippen LogP contribution in [0, 0.1) is 0 Å². The van der Waals surface area contributed by atoms with Gasteiger partial charge in [-0.25, -0.2) is 0 Å². The molecule has 1 aliphatic carbocycles. The van der Waals surface area contributed by atoms with Crippen LogP contribution in [0.1, 0.15) is 22.7 Å². The molecule has 104 valence electrons. The van der Waals surface area contributed by atoms with Crippen LogP contribution in [-0.4, -0.2) is 10.4 Å². The fraction of sp³-hybridized carbons (Fsp3) is 0.118. The summed E-state index contributed by atoms with van der Waals surface area (Å²) >= 11 is 10.3. The van der Waals surface area contributed by atoms with Gasteiger partial charge in [0.2, 0.25) is 0 Å². The van der Waals surface area contributed by atoms with Crippen molar-refractivity contribution in [2.75, 3.05) is 0 Å². The summed E-state index contributed by atoms with van der Waals surface area (Å²) in [4.78, 5) is 0.926. The van der Waals surface area contributed by atoms with E-state index in [-0.39, 0.29) is 11.5 Å². The number of hydrogen-bond donors (Lipinski definition) is 3. The van der Waals surface area contributed by atoms with Crippen LogP contribution in [-0.2, 0) is 0 Å². The Balaban J connectivity index is 1.89. The van der Waals surface area contributed by atoms with E-state index >= 15 is 0 Å². The molecule has 0 spiro atoms. The smallest absolute Gasteiger partial charge is 0.123 e. The number of nitrogens with one attached hydrogen (secondary N) is 2. The lowest BCUT2D eigenvalue weighted by Gasteiger charge is -2.32. The summed E-state index contributed by atoms with van der Waals surface area (Å²) in [6.45, 7) is 0. The van der Waals surface area contributed by atoms with Crippen LogP contribution in [0.5, 0.6) is 0 Å². The van der Waals surface area contributed by atoms with Crippen molar-refractivity contribution in [2.45, 2.75) is 11.5 Å². The molecular formula is C17H14N2S2. The van der Waals surface area contributed by atoms with Gasteiger partial charge < -0.3 is 5.32 Å². The van der Waals surface area contributed by atoms with E-state index in [0.29, 0.717) is 0 Å². The average Bonchev–Trinajstić information content (AvgIpc) is 2.81. The lowest BCUT2D eigenvalue weighted by Crippen LogP contribution is -2.44. The number of fused-ring (bicyclic) bond motifs is 2. The van der Waals surface area contributed by atoms with E-state index in [9.17, 15) is 0 Å². The van der Waals surface area contributed by atoms with Crippen molar-refractivity contribution >= 4 is 35.4 Å². The first-order chi connectivity index (χ1) is 10.3. The summed E-state index contributed by atoms with van der Waals surface area (Å²) in [5.74, 6) is 0. The van der Waals surface area contributed by atoms with E-state index in [1.165, 1.54) is 11.1 Å². The first-order valence-corrected chi connectivity index (χ1v) is 7.82. The van der Waals surface area contributed by atoms with E-state index in [4.69, 9.17) is 12.2 Å². The normalized spacial score (nSPS) is 23.6. The third-order valence-corrected chi connectivity index (χ3v) is 4.70. The van der Waals surface area contributed by atoms with Gasteiger partial charge in [-0.15, -0.1) is 12.6 Å². The minimum Gasteiger partial charge on any atom is -0.361 e. The Morgan fingerprint density at radius 2 is 1.57 bits per heavy atom. The van der Waals surface area contributed by atoms with E-state index < -0.39 is 0 Å². The lowest BCUT2D eigenvalue weighted by molar-refractivity contribution is 0.533. The van der Waals surface area contributed by atoms with E-state index in [0.717, 1.165) is 21.7 Å². The quantitative estimate of drug-likeness (QED) is 0.557. The van der Waals surface area contributed by atoms with Gasteiger partial charge in [0.05, 0.1) is 16.6 Å². The van der Waals surface area contributed by atoms with Crippen LogP contribution in [0.25, 0.3) is 5.70 Å². The standard InChI is InChI=1S/C17H14N2S2/c20-16-12-9-5-4-8-11(12)15-13(16)14(18-17(21)19-15)10-6-2-1-3-7-10/h1-9,14,17-19,21H. The van der Waals surface area contributed by atoms with Gasteiger partial charge in [-0.2, -0.15) is 0 Å². The molecule has 0 fully saturated rings. The van der Waals surface area contributed by atoms with Crippen LogP contribution >= 0.6 is 24.8 Å². The number of thiocarbonyl (C=S) groups is 1. The predicted molar refractivity (Wildman–Crippen MR) is 93.3 cm³/mol. The largest absolute Gasteiger partial charge is 0.361 e. The summed E-state index contributed by atoms with van der Waals surface area (Å²) < 4.78 is 0. The van der Waals surface area contributed by atoms with Crippen LogP contribution in [0.3, 0.4) is 0 Å². The Hall–Kier alpha value is -1.62. The van der Waals surface area contributed by atoms with Crippen LogP contribution in [0.4, 0.5) is 0 Å². The maximum Gasteiger partial charge on any atom is 0.123 e. The summed E-state index contributed by atoms with van der Waals surface area (Å²) in [7, 11) is 0. The zero-order valence-electron chi connectivity index (χ0n) is 11.2. The Morgan fingerprint density at radius 3 is 2.33 bits per heavy atom. The van der Waals surface area contributed by atoms with Gasteiger partial charge in [0.1, 0.15) is 5.50 Å². The average molecular weight is 310 g/mol. The van der Waals surface area contributed by atoms with Crippen molar-refractivity contribution in [3.8, 4) is 0 Å². The molecule has 4 heteroatoms. The highest BCUT2D eigenvalue weighted by Crippen LogP contribution is 2.41. The topological polar surface area (TPSA) is 24.1 Å². The minimum atomic E-state index is -0.0945. The molecule has 0 amide bonds. The Kier molecular flexibility index (Phi) is 3.10. The predicted octanol–water partition coefficient (Wildman–Crippen LogP) is 3.28. The third kappa shape index (κ3) is 2.02. The van der Waals surface area contributed by atoms with Crippen LogP contribution in [0.2, 0.25) is 0 Å². The number of thiol groups is 1. The van der Waals surface area contributed by atoms with Crippen molar-refractivity contribution in [3.05, 3.63) is 76.9 Å². The van der Waals surface area contributed by atoms with E-state index in [1.807, 2.05) is 18.2 Å². The SMILES string of the molecule is S=C1C2=C(NC(S)NC2c2ccccc2)c2ccccc21. The molecule has 21 heavy (non-hydrogen) atoms. The molecule has 2 atom stereocenters. The van der Waals surface area contributed by atoms with Gasteiger partial charge in [0.15, 0.2) is 0 Å². The number of hydrogen-bond acceptors (Lipinski definition) is 4.